The van der Waals surface area contributed by atoms with Gasteiger partial charge < -0.3 is 10.8 Å². The maximum atomic E-state index is 11.2. The molecule has 2 aromatic rings. The molecule has 0 saturated carbocycles. The fraction of sp³-hybridized carbons (Fsp3) is 0.364. The number of carboxylic acids is 1. The number of carboxylic acid groups (broad SMARTS) is 1. The molecule has 0 aliphatic heterocycles. The van der Waals surface area contributed by atoms with Crippen molar-refractivity contribution in [3.8, 4) is 0 Å². The first kappa shape index (κ1) is 10.5. The quantitative estimate of drug-likeness (QED) is 0.804. The summed E-state index contributed by atoms with van der Waals surface area (Å²) in [6, 6.07) is 0. The molecule has 17 heavy (non-hydrogen) atoms. The maximum absolute atomic E-state index is 11.2. The van der Waals surface area contributed by atoms with Gasteiger partial charge in [-0.2, -0.15) is 0 Å². The van der Waals surface area contributed by atoms with Crippen LogP contribution in [0.1, 0.15) is 29.2 Å². The Kier molecular flexibility index (Phi) is 2.25. The number of nitrogens with two attached hydrogens (primary N) is 1. The predicted octanol–water partition coefficient (Wildman–Crippen LogP) is 1.78. The highest BCUT2D eigenvalue weighted by atomic mass is 32.1. The molecule has 0 radical (unpaired) electrons. The Morgan fingerprint density at radius 3 is 3.12 bits per heavy atom. The summed E-state index contributed by atoms with van der Waals surface area (Å²) >= 11 is 1.44. The van der Waals surface area contributed by atoms with Crippen molar-refractivity contribution in [3.63, 3.8) is 0 Å². The van der Waals surface area contributed by atoms with Crippen molar-refractivity contribution >= 4 is 33.3 Å². The molecule has 6 heteroatoms. The highest BCUT2D eigenvalue weighted by Crippen LogP contribution is 2.42. The van der Waals surface area contributed by atoms with Crippen molar-refractivity contribution < 1.29 is 9.90 Å². The van der Waals surface area contributed by atoms with E-state index in [4.69, 9.17) is 5.73 Å². The number of aliphatic carboxylic acids is 1. The van der Waals surface area contributed by atoms with E-state index in [0.717, 1.165) is 33.5 Å². The Bertz CT molecular complexity index is 608. The van der Waals surface area contributed by atoms with Gasteiger partial charge in [0.25, 0.3) is 0 Å². The van der Waals surface area contributed by atoms with Crippen molar-refractivity contribution in [2.24, 2.45) is 0 Å². The number of hydrogen-bond donors (Lipinski definition) is 2. The van der Waals surface area contributed by atoms with Crippen LogP contribution in [0.15, 0.2) is 6.33 Å². The van der Waals surface area contributed by atoms with E-state index in [0.29, 0.717) is 12.2 Å². The first-order valence-electron chi connectivity index (χ1n) is 5.43. The summed E-state index contributed by atoms with van der Waals surface area (Å²) in [4.78, 5) is 21.1. The lowest BCUT2D eigenvalue weighted by molar-refractivity contribution is -0.139. The van der Waals surface area contributed by atoms with Gasteiger partial charge in [0.2, 0.25) is 0 Å². The minimum absolute atomic E-state index is 0.405. The van der Waals surface area contributed by atoms with Crippen molar-refractivity contribution in [1.82, 2.24) is 9.97 Å². The van der Waals surface area contributed by atoms with Crippen molar-refractivity contribution in [2.45, 2.75) is 25.2 Å². The maximum Gasteiger partial charge on any atom is 0.311 e. The molecule has 0 amide bonds. The van der Waals surface area contributed by atoms with E-state index in [2.05, 4.69) is 9.97 Å². The SMILES string of the molecule is Nc1ncnc2sc3c(c12)CCCC3C(=O)O. The summed E-state index contributed by atoms with van der Waals surface area (Å²) in [6.45, 7) is 0. The zero-order valence-corrected chi connectivity index (χ0v) is 9.83. The van der Waals surface area contributed by atoms with Gasteiger partial charge in [-0.3, -0.25) is 4.79 Å². The second-order valence-electron chi connectivity index (χ2n) is 4.17. The third-order valence-corrected chi connectivity index (χ3v) is 4.44. The van der Waals surface area contributed by atoms with Gasteiger partial charge in [-0.1, -0.05) is 0 Å². The van der Waals surface area contributed by atoms with Crippen LogP contribution < -0.4 is 5.73 Å². The number of fused-ring (bicyclic) bond motifs is 3. The van der Waals surface area contributed by atoms with Gasteiger partial charge >= 0.3 is 5.97 Å². The Labute approximate surface area is 101 Å². The molecule has 0 aromatic carbocycles. The third-order valence-electron chi connectivity index (χ3n) is 3.18. The average Bonchev–Trinajstić information content (AvgIpc) is 2.67. The second kappa shape index (κ2) is 3.66. The van der Waals surface area contributed by atoms with Crippen molar-refractivity contribution in [3.05, 3.63) is 16.8 Å². The van der Waals surface area contributed by atoms with Gasteiger partial charge in [-0.05, 0) is 24.8 Å². The Balaban J connectivity index is 2.29. The first-order chi connectivity index (χ1) is 8.18. The van der Waals surface area contributed by atoms with Gasteiger partial charge in [0.05, 0.1) is 11.3 Å². The lowest BCUT2D eigenvalue weighted by Gasteiger charge is -2.18. The Morgan fingerprint density at radius 2 is 2.35 bits per heavy atom. The fourth-order valence-electron chi connectivity index (χ4n) is 2.41. The van der Waals surface area contributed by atoms with E-state index in [1.165, 1.54) is 17.7 Å². The van der Waals surface area contributed by atoms with Gasteiger partial charge in [0.1, 0.15) is 17.0 Å². The van der Waals surface area contributed by atoms with Crippen LogP contribution in [-0.4, -0.2) is 21.0 Å². The van der Waals surface area contributed by atoms with Crippen LogP contribution in [0.4, 0.5) is 5.82 Å². The highest BCUT2D eigenvalue weighted by Gasteiger charge is 2.30. The van der Waals surface area contributed by atoms with Gasteiger partial charge in [0, 0.05) is 4.88 Å². The molecule has 0 fully saturated rings. The molecule has 1 atom stereocenters. The van der Waals surface area contributed by atoms with Crippen LogP contribution in [0, 0.1) is 0 Å². The summed E-state index contributed by atoms with van der Waals surface area (Å²) in [5.74, 6) is -0.708. The van der Waals surface area contributed by atoms with Gasteiger partial charge in [-0.15, -0.1) is 11.3 Å². The summed E-state index contributed by atoms with van der Waals surface area (Å²) in [5.41, 5.74) is 6.90. The minimum atomic E-state index is -0.760. The lowest BCUT2D eigenvalue weighted by atomic mass is 9.88. The van der Waals surface area contributed by atoms with Crippen LogP contribution >= 0.6 is 11.3 Å². The molecule has 88 valence electrons. The molecule has 1 unspecified atom stereocenters. The van der Waals surface area contributed by atoms with E-state index in [9.17, 15) is 9.90 Å². The number of thiophene rings is 1. The van der Waals surface area contributed by atoms with E-state index >= 15 is 0 Å². The molecular weight excluding hydrogens is 238 g/mol. The first-order valence-corrected chi connectivity index (χ1v) is 6.24. The van der Waals surface area contributed by atoms with Crippen molar-refractivity contribution in [1.29, 1.82) is 0 Å². The van der Waals surface area contributed by atoms with E-state index in [1.807, 2.05) is 0 Å². The normalized spacial score (nSPS) is 19.2. The number of hydrogen-bond acceptors (Lipinski definition) is 5. The predicted molar refractivity (Wildman–Crippen MR) is 65.1 cm³/mol. The highest BCUT2D eigenvalue weighted by molar-refractivity contribution is 7.19. The topological polar surface area (TPSA) is 89.1 Å². The molecule has 0 spiro atoms. The van der Waals surface area contributed by atoms with Crippen LogP contribution in [0.5, 0.6) is 0 Å². The second-order valence-corrected chi connectivity index (χ2v) is 5.20. The number of carbonyl (C=O) groups is 1. The summed E-state index contributed by atoms with van der Waals surface area (Å²) in [6.07, 6.45) is 3.87. The molecule has 1 aliphatic rings. The van der Waals surface area contributed by atoms with E-state index in [1.54, 1.807) is 0 Å². The van der Waals surface area contributed by atoms with Crippen molar-refractivity contribution in [2.75, 3.05) is 5.73 Å². The van der Waals surface area contributed by atoms with Crippen LogP contribution in [0.25, 0.3) is 10.2 Å². The standard InChI is InChI=1S/C11H11N3O2S/c12-9-7-5-2-1-3-6(11(15)16)8(5)17-10(7)14-4-13-9/h4,6H,1-3H2,(H,15,16)(H2,12,13,14). The zero-order valence-electron chi connectivity index (χ0n) is 9.01. The number of nitrogen functional groups attached to an aromatic ring is 1. The average molecular weight is 249 g/mol. The molecule has 2 heterocycles. The monoisotopic (exact) mass is 249 g/mol. The summed E-state index contributed by atoms with van der Waals surface area (Å²) < 4.78 is 0. The minimum Gasteiger partial charge on any atom is -0.481 e. The molecule has 5 nitrogen and oxygen atoms in total. The molecule has 3 N–H and O–H groups in total. The summed E-state index contributed by atoms with van der Waals surface area (Å²) in [7, 11) is 0. The Morgan fingerprint density at radius 1 is 1.53 bits per heavy atom. The van der Waals surface area contributed by atoms with Crippen LogP contribution in [0.2, 0.25) is 0 Å². The van der Waals surface area contributed by atoms with E-state index in [-0.39, 0.29) is 0 Å². The smallest absolute Gasteiger partial charge is 0.311 e. The van der Waals surface area contributed by atoms with Gasteiger partial charge in [0.15, 0.2) is 0 Å². The molecule has 0 saturated heterocycles. The molecule has 3 rings (SSSR count). The van der Waals surface area contributed by atoms with Crippen LogP contribution in [-0.2, 0) is 11.2 Å². The largest absolute Gasteiger partial charge is 0.481 e. The van der Waals surface area contributed by atoms with Crippen LogP contribution in [0.3, 0.4) is 0 Å². The number of aryl methyl sites for hydroxylation is 1. The van der Waals surface area contributed by atoms with E-state index < -0.39 is 11.9 Å². The number of anilines is 1. The molecular formula is C11H11N3O2S. The number of nitrogens with zero attached hydrogens (tertiary/aromatic N) is 2. The summed E-state index contributed by atoms with van der Waals surface area (Å²) in [5, 5.41) is 10.1. The fourth-order valence-corrected chi connectivity index (χ4v) is 3.74. The number of rotatable bonds is 1. The molecule has 0 bridgehead atoms. The Hall–Kier alpha value is -1.69. The third kappa shape index (κ3) is 1.48. The van der Waals surface area contributed by atoms with Gasteiger partial charge in [-0.25, -0.2) is 9.97 Å². The lowest BCUT2D eigenvalue weighted by Crippen LogP contribution is -2.16. The molecule has 1 aliphatic carbocycles. The number of aromatic nitrogens is 2. The molecule has 2 aromatic heterocycles. The zero-order chi connectivity index (χ0) is 12.0.